The molecule has 0 aliphatic heterocycles. The molecule has 0 saturated heterocycles. The standard InChI is InChI=1S/2C6H10O2/c2*1-4(2)5(3)6(7)8/h2*1-3H3,(H,7,8). The van der Waals surface area contributed by atoms with E-state index in [0.29, 0.717) is 11.1 Å². The molecule has 0 spiro atoms. The van der Waals surface area contributed by atoms with Crippen LogP contribution in [0.4, 0.5) is 0 Å². The number of rotatable bonds is 2. The third kappa shape index (κ3) is 7.79. The third-order valence-electron chi connectivity index (χ3n) is 2.14. The Bertz CT molecular complexity index is 293. The number of carboxylic acids is 2. The average Bonchev–Trinajstić information content (AvgIpc) is 2.15. The van der Waals surface area contributed by atoms with E-state index >= 15 is 0 Å². The monoisotopic (exact) mass is 228 g/mol. The molecule has 0 aromatic carbocycles. The number of carboxylic acid groups (broad SMARTS) is 2. The van der Waals surface area contributed by atoms with Crippen LogP contribution in [-0.2, 0) is 9.59 Å². The molecule has 0 rings (SSSR count). The molecule has 0 aromatic heterocycles. The van der Waals surface area contributed by atoms with Crippen LogP contribution in [0.25, 0.3) is 0 Å². The number of carbonyl (C=O) groups is 2. The van der Waals surface area contributed by atoms with E-state index < -0.39 is 11.9 Å². The number of hydrogen-bond donors (Lipinski definition) is 2. The van der Waals surface area contributed by atoms with E-state index in [1.165, 1.54) is 0 Å². The highest BCUT2D eigenvalue weighted by molar-refractivity contribution is 5.86. The Morgan fingerprint density at radius 3 is 0.812 bits per heavy atom. The van der Waals surface area contributed by atoms with Gasteiger partial charge in [0.25, 0.3) is 0 Å². The van der Waals surface area contributed by atoms with Crippen molar-refractivity contribution in [3.63, 3.8) is 0 Å². The van der Waals surface area contributed by atoms with Crippen LogP contribution < -0.4 is 0 Å². The van der Waals surface area contributed by atoms with Gasteiger partial charge < -0.3 is 10.2 Å². The molecule has 0 aromatic rings. The molecule has 0 saturated carbocycles. The maximum atomic E-state index is 10.1. The van der Waals surface area contributed by atoms with Crippen molar-refractivity contribution in [2.24, 2.45) is 0 Å². The van der Waals surface area contributed by atoms with E-state index in [4.69, 9.17) is 10.2 Å². The molecule has 0 radical (unpaired) electrons. The first-order valence-electron chi connectivity index (χ1n) is 4.86. The highest BCUT2D eigenvalue weighted by Crippen LogP contribution is 2.00. The zero-order valence-electron chi connectivity index (χ0n) is 10.7. The van der Waals surface area contributed by atoms with Crippen molar-refractivity contribution in [1.29, 1.82) is 0 Å². The molecule has 0 heterocycles. The minimum Gasteiger partial charge on any atom is -0.478 e. The molecule has 16 heavy (non-hydrogen) atoms. The number of allylic oxidation sites excluding steroid dienone is 2. The van der Waals surface area contributed by atoms with E-state index in [1.807, 2.05) is 0 Å². The van der Waals surface area contributed by atoms with Crippen LogP contribution in [0.1, 0.15) is 41.5 Å². The molecular weight excluding hydrogens is 208 g/mol. The predicted octanol–water partition coefficient (Wildman–Crippen LogP) is 2.85. The lowest BCUT2D eigenvalue weighted by atomic mass is 10.2. The summed E-state index contributed by atoms with van der Waals surface area (Å²) in [5, 5.41) is 16.6. The first-order valence-corrected chi connectivity index (χ1v) is 4.86. The summed E-state index contributed by atoms with van der Waals surface area (Å²) in [6, 6.07) is 0. The summed E-state index contributed by atoms with van der Waals surface area (Å²) < 4.78 is 0. The van der Waals surface area contributed by atoms with Gasteiger partial charge in [-0.1, -0.05) is 11.1 Å². The van der Waals surface area contributed by atoms with Gasteiger partial charge in [0.15, 0.2) is 0 Å². The first-order chi connectivity index (χ1) is 7.11. The quantitative estimate of drug-likeness (QED) is 0.712. The molecule has 92 valence electrons. The molecule has 0 amide bonds. The highest BCUT2D eigenvalue weighted by Gasteiger charge is 1.99. The third-order valence-corrected chi connectivity index (χ3v) is 2.14. The van der Waals surface area contributed by atoms with Crippen molar-refractivity contribution in [2.45, 2.75) is 41.5 Å². The van der Waals surface area contributed by atoms with Gasteiger partial charge in [0.1, 0.15) is 0 Å². The largest absolute Gasteiger partial charge is 0.478 e. The van der Waals surface area contributed by atoms with E-state index in [0.717, 1.165) is 11.1 Å². The van der Waals surface area contributed by atoms with Gasteiger partial charge in [0.05, 0.1) is 0 Å². The van der Waals surface area contributed by atoms with E-state index in [1.54, 1.807) is 41.5 Å². The smallest absolute Gasteiger partial charge is 0.331 e. The Labute approximate surface area is 96.3 Å². The van der Waals surface area contributed by atoms with Gasteiger partial charge in [-0.2, -0.15) is 0 Å². The zero-order valence-corrected chi connectivity index (χ0v) is 10.7. The van der Waals surface area contributed by atoms with Crippen LogP contribution in [0, 0.1) is 0 Å². The van der Waals surface area contributed by atoms with Crippen LogP contribution >= 0.6 is 0 Å². The molecule has 4 nitrogen and oxygen atoms in total. The molecule has 2 N–H and O–H groups in total. The number of aliphatic carboxylic acids is 2. The average molecular weight is 228 g/mol. The van der Waals surface area contributed by atoms with E-state index in [-0.39, 0.29) is 0 Å². The van der Waals surface area contributed by atoms with Crippen LogP contribution in [0.15, 0.2) is 22.3 Å². The molecular formula is C12H20O4. The summed E-state index contributed by atoms with van der Waals surface area (Å²) in [5.41, 5.74) is 2.59. The fraction of sp³-hybridized carbons (Fsp3) is 0.500. The summed E-state index contributed by atoms with van der Waals surface area (Å²) in [6.45, 7) is 10.3. The first kappa shape index (κ1) is 16.8. The lowest BCUT2D eigenvalue weighted by Crippen LogP contribution is -1.97. The second-order valence-corrected chi connectivity index (χ2v) is 3.86. The van der Waals surface area contributed by atoms with Crippen LogP contribution in [0.2, 0.25) is 0 Å². The molecule has 0 atom stereocenters. The molecule has 4 heteroatoms. The SMILES string of the molecule is CC(C)=C(C)C(=O)O.CC(C)=C(C)C(=O)O. The van der Waals surface area contributed by atoms with E-state index in [2.05, 4.69) is 0 Å². The van der Waals surface area contributed by atoms with Gasteiger partial charge in [0, 0.05) is 11.1 Å². The fourth-order valence-electron chi connectivity index (χ4n) is 0.428. The van der Waals surface area contributed by atoms with Gasteiger partial charge in [-0.3, -0.25) is 0 Å². The molecule has 0 bridgehead atoms. The van der Waals surface area contributed by atoms with Crippen molar-refractivity contribution in [1.82, 2.24) is 0 Å². The summed E-state index contributed by atoms with van der Waals surface area (Å²) in [6.07, 6.45) is 0. The van der Waals surface area contributed by atoms with Crippen molar-refractivity contribution in [2.75, 3.05) is 0 Å². The van der Waals surface area contributed by atoms with Crippen molar-refractivity contribution in [3.8, 4) is 0 Å². The summed E-state index contributed by atoms with van der Waals surface area (Å²) >= 11 is 0. The summed E-state index contributed by atoms with van der Waals surface area (Å²) in [4.78, 5) is 20.2. The Morgan fingerprint density at radius 1 is 0.625 bits per heavy atom. The van der Waals surface area contributed by atoms with Crippen LogP contribution in [-0.4, -0.2) is 22.2 Å². The number of hydrogen-bond acceptors (Lipinski definition) is 2. The lowest BCUT2D eigenvalue weighted by molar-refractivity contribution is -0.133. The molecule has 0 aliphatic carbocycles. The summed E-state index contributed by atoms with van der Waals surface area (Å²) in [7, 11) is 0. The molecule has 0 fully saturated rings. The minimum absolute atomic E-state index is 0.435. The van der Waals surface area contributed by atoms with Gasteiger partial charge in [-0.15, -0.1) is 0 Å². The highest BCUT2D eigenvalue weighted by atomic mass is 16.4. The molecule has 0 aliphatic rings. The van der Waals surface area contributed by atoms with Crippen LogP contribution in [0.3, 0.4) is 0 Å². The second kappa shape index (κ2) is 7.68. The van der Waals surface area contributed by atoms with Crippen molar-refractivity contribution < 1.29 is 19.8 Å². The Kier molecular flexibility index (Phi) is 8.08. The second-order valence-electron chi connectivity index (χ2n) is 3.86. The van der Waals surface area contributed by atoms with E-state index in [9.17, 15) is 9.59 Å². The maximum absolute atomic E-state index is 10.1. The molecule has 0 unspecified atom stereocenters. The van der Waals surface area contributed by atoms with Gasteiger partial charge in [-0.25, -0.2) is 9.59 Å². The van der Waals surface area contributed by atoms with Gasteiger partial charge >= 0.3 is 11.9 Å². The minimum atomic E-state index is -0.829. The Balaban J connectivity index is 0. The van der Waals surface area contributed by atoms with Gasteiger partial charge in [0.2, 0.25) is 0 Å². The van der Waals surface area contributed by atoms with Crippen LogP contribution in [0.5, 0.6) is 0 Å². The van der Waals surface area contributed by atoms with Gasteiger partial charge in [-0.05, 0) is 41.5 Å². The maximum Gasteiger partial charge on any atom is 0.331 e. The zero-order chi connectivity index (χ0) is 13.5. The van der Waals surface area contributed by atoms with Crippen molar-refractivity contribution >= 4 is 11.9 Å². The summed E-state index contributed by atoms with van der Waals surface area (Å²) in [5.74, 6) is -1.66. The normalized spacial score (nSPS) is 8.38. The van der Waals surface area contributed by atoms with Crippen molar-refractivity contribution in [3.05, 3.63) is 22.3 Å². The topological polar surface area (TPSA) is 74.6 Å². The fourth-order valence-corrected chi connectivity index (χ4v) is 0.428. The Hall–Kier alpha value is -1.58. The Morgan fingerprint density at radius 2 is 0.812 bits per heavy atom. The predicted molar refractivity (Wildman–Crippen MR) is 63.4 cm³/mol. The lowest BCUT2D eigenvalue weighted by Gasteiger charge is -1.92.